The van der Waals surface area contributed by atoms with Gasteiger partial charge in [-0.25, -0.2) is 0 Å². The van der Waals surface area contributed by atoms with E-state index < -0.39 is 65.9 Å². The molecule has 2 unspecified atom stereocenters. The van der Waals surface area contributed by atoms with Crippen LogP contribution >= 0.6 is 0 Å². The fourth-order valence-electron chi connectivity index (χ4n) is 3.14. The molecule has 2 aromatic carbocycles. The van der Waals surface area contributed by atoms with Crippen LogP contribution in [0.3, 0.4) is 0 Å². The van der Waals surface area contributed by atoms with Gasteiger partial charge < -0.3 is 50.0 Å². The van der Waals surface area contributed by atoms with Crippen LogP contribution in [-0.2, 0) is 4.74 Å². The summed E-state index contributed by atoms with van der Waals surface area (Å²) in [7, 11) is 1.19. The molecule has 1 heterocycles. The van der Waals surface area contributed by atoms with Gasteiger partial charge in [0.15, 0.2) is 11.5 Å². The van der Waals surface area contributed by atoms with Crippen molar-refractivity contribution in [3.63, 3.8) is 0 Å². The SMILES string of the molecule is COc1cc(O)c(C(=O)c2ccc(O)cc2)c(O[C@H]2OC(CO)[C@@H](O)C(O)[C@@H]2O)c1O. The zero-order valence-electron chi connectivity index (χ0n) is 16.2. The largest absolute Gasteiger partial charge is 0.508 e. The second-order valence-corrected chi connectivity index (χ2v) is 6.84. The lowest BCUT2D eigenvalue weighted by molar-refractivity contribution is -0.277. The summed E-state index contributed by atoms with van der Waals surface area (Å²) in [5.41, 5.74) is -0.489. The van der Waals surface area contributed by atoms with Crippen molar-refractivity contribution in [3.05, 3.63) is 41.5 Å². The lowest BCUT2D eigenvalue weighted by Crippen LogP contribution is -2.60. The second kappa shape index (κ2) is 8.96. The third kappa shape index (κ3) is 4.22. The predicted molar refractivity (Wildman–Crippen MR) is 102 cm³/mol. The number of aliphatic hydroxyl groups is 4. The van der Waals surface area contributed by atoms with Crippen molar-refractivity contribution in [2.45, 2.75) is 30.7 Å². The van der Waals surface area contributed by atoms with E-state index in [1.807, 2.05) is 0 Å². The molecule has 3 rings (SSSR count). The van der Waals surface area contributed by atoms with E-state index in [2.05, 4.69) is 0 Å². The number of ether oxygens (including phenoxy) is 3. The van der Waals surface area contributed by atoms with Crippen molar-refractivity contribution in [3.8, 4) is 28.7 Å². The summed E-state index contributed by atoms with van der Waals surface area (Å²) in [6, 6.07) is 6.01. The number of phenolic OH excluding ortho intramolecular Hbond substituents is 3. The summed E-state index contributed by atoms with van der Waals surface area (Å²) in [4.78, 5) is 13.0. The van der Waals surface area contributed by atoms with E-state index in [0.29, 0.717) is 0 Å². The Morgan fingerprint density at radius 1 is 1.03 bits per heavy atom. The average Bonchev–Trinajstić information content (AvgIpc) is 2.76. The first-order valence-corrected chi connectivity index (χ1v) is 9.13. The summed E-state index contributed by atoms with van der Waals surface area (Å²) in [6.07, 6.45) is -8.29. The fourth-order valence-corrected chi connectivity index (χ4v) is 3.14. The molecule has 0 aromatic heterocycles. The summed E-state index contributed by atoms with van der Waals surface area (Å²) in [5.74, 6) is -3.14. The third-order valence-electron chi connectivity index (χ3n) is 4.86. The van der Waals surface area contributed by atoms with E-state index >= 15 is 0 Å². The molecule has 0 saturated carbocycles. The zero-order valence-corrected chi connectivity index (χ0v) is 16.2. The fraction of sp³-hybridized carbons (Fsp3) is 0.350. The smallest absolute Gasteiger partial charge is 0.229 e. The Morgan fingerprint density at radius 2 is 1.68 bits per heavy atom. The maximum atomic E-state index is 13.0. The van der Waals surface area contributed by atoms with E-state index in [0.717, 1.165) is 6.07 Å². The molecule has 0 amide bonds. The van der Waals surface area contributed by atoms with Gasteiger partial charge >= 0.3 is 0 Å². The van der Waals surface area contributed by atoms with Gasteiger partial charge in [-0.3, -0.25) is 4.79 Å². The number of carbonyl (C=O) groups excluding carboxylic acids is 1. The average molecular weight is 438 g/mol. The van der Waals surface area contributed by atoms with Crippen molar-refractivity contribution in [1.29, 1.82) is 0 Å². The number of hydrogen-bond acceptors (Lipinski definition) is 11. The Balaban J connectivity index is 2.07. The number of aliphatic hydroxyl groups excluding tert-OH is 4. The maximum Gasteiger partial charge on any atom is 0.229 e. The van der Waals surface area contributed by atoms with Gasteiger partial charge in [0, 0.05) is 11.6 Å². The van der Waals surface area contributed by atoms with Crippen LogP contribution in [0.5, 0.6) is 28.7 Å². The number of rotatable bonds is 6. The minimum Gasteiger partial charge on any atom is -0.508 e. The van der Waals surface area contributed by atoms with Gasteiger partial charge in [-0.15, -0.1) is 0 Å². The molecule has 1 saturated heterocycles. The molecule has 7 N–H and O–H groups in total. The quantitative estimate of drug-likeness (QED) is 0.222. The molecule has 0 spiro atoms. The molecular formula is C20H22O11. The number of carbonyl (C=O) groups is 1. The first-order valence-electron chi connectivity index (χ1n) is 9.13. The van der Waals surface area contributed by atoms with Crippen LogP contribution < -0.4 is 9.47 Å². The van der Waals surface area contributed by atoms with Crippen LogP contribution in [0, 0.1) is 0 Å². The third-order valence-corrected chi connectivity index (χ3v) is 4.86. The summed E-state index contributed by atoms with van der Waals surface area (Å²) < 4.78 is 15.7. The molecule has 11 nitrogen and oxygen atoms in total. The Hall–Kier alpha value is -3.09. The molecule has 31 heavy (non-hydrogen) atoms. The van der Waals surface area contributed by atoms with Gasteiger partial charge in [0.2, 0.25) is 17.8 Å². The molecule has 11 heteroatoms. The molecular weight excluding hydrogens is 416 g/mol. The van der Waals surface area contributed by atoms with E-state index in [4.69, 9.17) is 14.2 Å². The topological polar surface area (TPSA) is 186 Å². The first kappa shape index (κ1) is 22.6. The highest BCUT2D eigenvalue weighted by atomic mass is 16.7. The van der Waals surface area contributed by atoms with Crippen LogP contribution in [0.25, 0.3) is 0 Å². The molecule has 5 atom stereocenters. The summed E-state index contributed by atoms with van der Waals surface area (Å²) in [5, 5.41) is 69.8. The Morgan fingerprint density at radius 3 is 2.26 bits per heavy atom. The summed E-state index contributed by atoms with van der Waals surface area (Å²) >= 11 is 0. The van der Waals surface area contributed by atoms with Gasteiger partial charge in [0.1, 0.15) is 41.5 Å². The molecule has 0 bridgehead atoms. The molecule has 0 aliphatic carbocycles. The molecule has 1 aliphatic heterocycles. The van der Waals surface area contributed by atoms with E-state index in [1.165, 1.54) is 31.4 Å². The van der Waals surface area contributed by atoms with Crippen LogP contribution in [0.2, 0.25) is 0 Å². The van der Waals surface area contributed by atoms with Gasteiger partial charge in [0.05, 0.1) is 13.7 Å². The minimum atomic E-state index is -1.83. The number of methoxy groups -OCH3 is 1. The predicted octanol–water partition coefficient (Wildman–Crippen LogP) is -0.778. The van der Waals surface area contributed by atoms with E-state index in [9.17, 15) is 40.5 Å². The normalized spacial score (nSPS) is 25.8. The lowest BCUT2D eigenvalue weighted by Gasteiger charge is -2.39. The van der Waals surface area contributed by atoms with Crippen molar-refractivity contribution >= 4 is 5.78 Å². The number of hydrogen-bond donors (Lipinski definition) is 7. The Kier molecular flexibility index (Phi) is 6.53. The molecule has 1 fully saturated rings. The van der Waals surface area contributed by atoms with Crippen molar-refractivity contribution in [2.75, 3.05) is 13.7 Å². The molecule has 168 valence electrons. The van der Waals surface area contributed by atoms with Gasteiger partial charge in [-0.2, -0.15) is 0 Å². The standard InChI is InChI=1S/C20H22O11/c1-29-11-6-10(23)13(14(24)8-2-4-9(22)5-3-8)19(16(11)26)31-20-18(28)17(27)15(25)12(7-21)30-20/h2-6,12,15,17-18,20-23,25-28H,7H2,1H3/t12?,15-,17?,18+,20-/m1/s1. The number of aromatic hydroxyl groups is 3. The number of benzene rings is 2. The Labute approximate surface area is 175 Å². The first-order chi connectivity index (χ1) is 14.7. The molecule has 1 aliphatic rings. The van der Waals surface area contributed by atoms with E-state index in [-0.39, 0.29) is 17.1 Å². The van der Waals surface area contributed by atoms with Crippen LogP contribution in [0.1, 0.15) is 15.9 Å². The minimum absolute atomic E-state index is 0.0244. The monoisotopic (exact) mass is 438 g/mol. The van der Waals surface area contributed by atoms with Crippen LogP contribution in [0.4, 0.5) is 0 Å². The highest BCUT2D eigenvalue weighted by Gasteiger charge is 2.45. The van der Waals surface area contributed by atoms with Gasteiger partial charge in [-0.1, -0.05) is 0 Å². The molecule has 2 aromatic rings. The zero-order chi connectivity index (χ0) is 22.9. The Bertz CT molecular complexity index is 941. The highest BCUT2D eigenvalue weighted by Crippen LogP contribution is 2.46. The highest BCUT2D eigenvalue weighted by molar-refractivity contribution is 6.13. The summed E-state index contributed by atoms with van der Waals surface area (Å²) in [6.45, 7) is -0.723. The van der Waals surface area contributed by atoms with Crippen LogP contribution in [-0.4, -0.2) is 86.0 Å². The van der Waals surface area contributed by atoms with E-state index in [1.54, 1.807) is 0 Å². The maximum absolute atomic E-state index is 13.0. The van der Waals surface area contributed by atoms with Crippen molar-refractivity contribution in [1.82, 2.24) is 0 Å². The van der Waals surface area contributed by atoms with Crippen LogP contribution in [0.15, 0.2) is 30.3 Å². The van der Waals surface area contributed by atoms with Gasteiger partial charge in [0.25, 0.3) is 0 Å². The second-order valence-electron chi connectivity index (χ2n) is 6.84. The van der Waals surface area contributed by atoms with Crippen molar-refractivity contribution < 1.29 is 54.8 Å². The molecule has 0 radical (unpaired) electrons. The number of phenols is 3. The lowest BCUT2D eigenvalue weighted by atomic mass is 9.98. The van der Waals surface area contributed by atoms with Crippen molar-refractivity contribution in [2.24, 2.45) is 0 Å². The van der Waals surface area contributed by atoms with Gasteiger partial charge in [-0.05, 0) is 24.3 Å². The number of ketones is 1.